The third-order valence-corrected chi connectivity index (χ3v) is 10.7. The highest BCUT2D eigenvalue weighted by atomic mass is 32.2. The zero-order valence-corrected chi connectivity index (χ0v) is 23.7. The number of hydrogen-bond donors (Lipinski definition) is 2. The molecule has 4 aromatic heterocycles. The van der Waals surface area contributed by atoms with Gasteiger partial charge in [-0.1, -0.05) is 17.4 Å². The summed E-state index contributed by atoms with van der Waals surface area (Å²) in [5, 5.41) is 8.46. The van der Waals surface area contributed by atoms with Gasteiger partial charge in [-0.15, -0.1) is 11.3 Å². The highest BCUT2D eigenvalue weighted by Gasteiger charge is 2.32. The molecule has 38 heavy (non-hydrogen) atoms. The first-order chi connectivity index (χ1) is 18.2. The molecule has 0 unspecified atom stereocenters. The number of hydrogen-bond acceptors (Lipinski definition) is 11. The van der Waals surface area contributed by atoms with Crippen molar-refractivity contribution in [3.63, 3.8) is 0 Å². The molecule has 1 atom stereocenters. The average Bonchev–Trinajstić information content (AvgIpc) is 3.49. The lowest BCUT2D eigenvalue weighted by Gasteiger charge is -2.35. The molecular weight excluding hydrogens is 545 g/mol. The molecule has 0 radical (unpaired) electrons. The van der Waals surface area contributed by atoms with Crippen molar-refractivity contribution in [2.75, 3.05) is 43.4 Å². The van der Waals surface area contributed by atoms with Crippen LogP contribution in [0.15, 0.2) is 40.4 Å². The minimum Gasteiger partial charge on any atom is -0.365 e. The zero-order chi connectivity index (χ0) is 26.9. The highest BCUT2D eigenvalue weighted by molar-refractivity contribution is 7.91. The lowest BCUT2D eigenvalue weighted by Crippen LogP contribution is -2.50. The Hall–Kier alpha value is -3.04. The van der Waals surface area contributed by atoms with Gasteiger partial charge in [0.25, 0.3) is 10.0 Å². The Morgan fingerprint density at radius 3 is 2.71 bits per heavy atom. The van der Waals surface area contributed by atoms with Crippen molar-refractivity contribution in [2.24, 2.45) is 0 Å². The van der Waals surface area contributed by atoms with Gasteiger partial charge < -0.3 is 10.6 Å². The van der Waals surface area contributed by atoms with Crippen molar-refractivity contribution < 1.29 is 13.2 Å². The molecule has 5 rings (SSSR count). The minimum absolute atomic E-state index is 0.0872. The van der Waals surface area contributed by atoms with Gasteiger partial charge >= 0.3 is 0 Å². The summed E-state index contributed by atoms with van der Waals surface area (Å²) in [4.78, 5) is 31.0. The van der Waals surface area contributed by atoms with Crippen molar-refractivity contribution in [2.45, 2.75) is 31.0 Å². The van der Waals surface area contributed by atoms with E-state index in [4.69, 9.17) is 0 Å². The minimum atomic E-state index is -3.68. The molecule has 11 nitrogen and oxygen atoms in total. The van der Waals surface area contributed by atoms with Gasteiger partial charge in [-0.25, -0.2) is 23.4 Å². The van der Waals surface area contributed by atoms with Crippen molar-refractivity contribution in [3.05, 3.63) is 41.9 Å². The standard InChI is InChI=1S/C24H28N8O3S3/c1-15(28-22-21-20(26-14-27-22)19(13-36-21)18-5-4-6-25-11-18)12-31-7-9-32(10-8-31)38(34,35)23-16(2)29-24(37-23)30-17(3)33/h4-6,11,13-15H,7-10,12H2,1-3H3,(H,26,27,28)(H,29,30,33)/t15-/m0/s1. The number of sulfonamides is 1. The van der Waals surface area contributed by atoms with E-state index in [1.54, 1.807) is 30.8 Å². The first-order valence-corrected chi connectivity index (χ1v) is 15.2. The fourth-order valence-corrected chi connectivity index (χ4v) is 8.44. The first-order valence-electron chi connectivity index (χ1n) is 12.1. The second-order valence-corrected chi connectivity index (χ2v) is 13.1. The largest absolute Gasteiger partial charge is 0.365 e. The maximum atomic E-state index is 13.2. The molecule has 1 saturated heterocycles. The maximum Gasteiger partial charge on any atom is 0.254 e. The molecule has 4 aromatic rings. The maximum absolute atomic E-state index is 13.2. The number of aromatic nitrogens is 4. The van der Waals surface area contributed by atoms with Crippen LogP contribution < -0.4 is 10.6 Å². The summed E-state index contributed by atoms with van der Waals surface area (Å²) in [5.41, 5.74) is 3.35. The summed E-state index contributed by atoms with van der Waals surface area (Å²) >= 11 is 2.59. The van der Waals surface area contributed by atoms with E-state index < -0.39 is 10.0 Å². The van der Waals surface area contributed by atoms with Crippen molar-refractivity contribution >= 4 is 59.8 Å². The molecule has 0 aromatic carbocycles. The first kappa shape index (κ1) is 26.6. The average molecular weight is 573 g/mol. The smallest absolute Gasteiger partial charge is 0.254 e. The molecule has 1 amide bonds. The Labute approximate surface area is 229 Å². The van der Waals surface area contributed by atoms with Crippen molar-refractivity contribution in [1.29, 1.82) is 0 Å². The van der Waals surface area contributed by atoms with Crippen LogP contribution in [-0.2, 0) is 14.8 Å². The van der Waals surface area contributed by atoms with E-state index in [0.29, 0.717) is 37.0 Å². The van der Waals surface area contributed by atoms with Gasteiger partial charge in [-0.05, 0) is 19.9 Å². The summed E-state index contributed by atoms with van der Waals surface area (Å²) in [7, 11) is -3.68. The van der Waals surface area contributed by atoms with Gasteiger partial charge in [0.2, 0.25) is 5.91 Å². The van der Waals surface area contributed by atoms with Crippen LogP contribution in [0, 0.1) is 6.92 Å². The fraction of sp³-hybridized carbons (Fsp3) is 0.375. The Bertz CT molecular complexity index is 1550. The number of thiazole rings is 1. The molecule has 2 N–H and O–H groups in total. The van der Waals surface area contributed by atoms with Gasteiger partial charge in [0.1, 0.15) is 12.1 Å². The molecule has 5 heterocycles. The van der Waals surface area contributed by atoms with Crippen molar-refractivity contribution in [1.82, 2.24) is 29.1 Å². The van der Waals surface area contributed by atoms with E-state index in [1.165, 1.54) is 11.2 Å². The topological polar surface area (TPSA) is 133 Å². The number of carbonyl (C=O) groups excluding carboxylic acids is 1. The normalized spacial score (nSPS) is 16.0. The Balaban J connectivity index is 1.21. The molecule has 0 spiro atoms. The lowest BCUT2D eigenvalue weighted by molar-refractivity contribution is -0.114. The van der Waals surface area contributed by atoms with Gasteiger partial charge in [0.15, 0.2) is 9.34 Å². The number of thiophene rings is 1. The SMILES string of the molecule is CC(=O)Nc1nc(C)c(S(=O)(=O)N2CCN(C[C@H](C)Nc3ncnc4c(-c5cccnc5)csc34)CC2)s1. The van der Waals surface area contributed by atoms with E-state index in [2.05, 4.69) is 47.8 Å². The van der Waals surface area contributed by atoms with Crippen LogP contribution in [0.2, 0.25) is 0 Å². The molecule has 0 saturated carbocycles. The van der Waals surface area contributed by atoms with Crippen LogP contribution in [0.25, 0.3) is 21.3 Å². The number of anilines is 2. The highest BCUT2D eigenvalue weighted by Crippen LogP contribution is 2.35. The Morgan fingerprint density at radius 1 is 1.21 bits per heavy atom. The number of piperazine rings is 1. The molecule has 1 fully saturated rings. The van der Waals surface area contributed by atoms with Crippen LogP contribution in [0.5, 0.6) is 0 Å². The number of pyridine rings is 1. The molecule has 14 heteroatoms. The summed E-state index contributed by atoms with van der Waals surface area (Å²) in [5.74, 6) is 0.509. The third-order valence-electron chi connectivity index (χ3n) is 6.18. The van der Waals surface area contributed by atoms with Gasteiger partial charge in [-0.3, -0.25) is 14.7 Å². The number of carbonyl (C=O) groups is 1. The molecule has 0 bridgehead atoms. The second kappa shape index (κ2) is 11.0. The summed E-state index contributed by atoms with van der Waals surface area (Å²) < 4.78 is 29.2. The quantitative estimate of drug-likeness (QED) is 0.326. The monoisotopic (exact) mass is 572 g/mol. The molecule has 1 aliphatic rings. The number of aryl methyl sites for hydroxylation is 1. The Morgan fingerprint density at radius 2 is 2.00 bits per heavy atom. The zero-order valence-electron chi connectivity index (χ0n) is 21.2. The summed E-state index contributed by atoms with van der Waals surface area (Å²) in [6, 6.07) is 4.02. The fourth-order valence-electron chi connectivity index (χ4n) is 4.44. The molecule has 200 valence electrons. The number of rotatable bonds is 8. The molecular formula is C24H28N8O3S3. The van der Waals surface area contributed by atoms with E-state index in [1.807, 2.05) is 18.3 Å². The van der Waals surface area contributed by atoms with Gasteiger partial charge in [0, 0.05) is 74.6 Å². The summed E-state index contributed by atoms with van der Waals surface area (Å²) in [6.07, 6.45) is 5.16. The van der Waals surface area contributed by atoms with E-state index >= 15 is 0 Å². The number of amides is 1. The molecule has 1 aliphatic heterocycles. The number of fused-ring (bicyclic) bond motifs is 1. The Kier molecular flexibility index (Phi) is 7.68. The summed E-state index contributed by atoms with van der Waals surface area (Å²) in [6.45, 7) is 7.86. The van der Waals surface area contributed by atoms with Gasteiger partial charge in [-0.2, -0.15) is 4.31 Å². The van der Waals surface area contributed by atoms with E-state index in [0.717, 1.165) is 45.0 Å². The van der Waals surface area contributed by atoms with E-state index in [9.17, 15) is 13.2 Å². The van der Waals surface area contributed by atoms with Crippen LogP contribution in [0.4, 0.5) is 10.9 Å². The third kappa shape index (κ3) is 5.54. The van der Waals surface area contributed by atoms with Crippen LogP contribution >= 0.6 is 22.7 Å². The predicted octanol–water partition coefficient (Wildman–Crippen LogP) is 3.28. The van der Waals surface area contributed by atoms with Crippen LogP contribution in [-0.4, -0.2) is 82.2 Å². The molecule has 0 aliphatic carbocycles. The predicted molar refractivity (Wildman–Crippen MR) is 150 cm³/mol. The van der Waals surface area contributed by atoms with Gasteiger partial charge in [0.05, 0.1) is 15.9 Å². The van der Waals surface area contributed by atoms with E-state index in [-0.39, 0.29) is 16.2 Å². The van der Waals surface area contributed by atoms with Crippen LogP contribution in [0.1, 0.15) is 19.5 Å². The van der Waals surface area contributed by atoms with Crippen molar-refractivity contribution in [3.8, 4) is 11.1 Å². The number of nitrogens with one attached hydrogen (secondary N) is 2. The second-order valence-electron chi connectivity index (χ2n) is 9.11. The van der Waals surface area contributed by atoms with Crippen LogP contribution in [0.3, 0.4) is 0 Å². The lowest BCUT2D eigenvalue weighted by atomic mass is 10.1. The number of nitrogens with zero attached hydrogens (tertiary/aromatic N) is 6.